The van der Waals surface area contributed by atoms with Crippen molar-refractivity contribution in [1.82, 2.24) is 0 Å². The Morgan fingerprint density at radius 3 is 2.27 bits per heavy atom. The molecular weight excluding hydrogens is 276 g/mol. The lowest BCUT2D eigenvalue weighted by atomic mass is 9.97. The Morgan fingerprint density at radius 1 is 0.955 bits per heavy atom. The number of unbranched alkanes of at least 4 members (excludes halogenated alkanes) is 6. The highest BCUT2D eigenvalue weighted by atomic mass is 16.4. The van der Waals surface area contributed by atoms with Crippen LogP contribution >= 0.6 is 0 Å². The second-order valence-electron chi connectivity index (χ2n) is 6.03. The van der Waals surface area contributed by atoms with Crippen molar-refractivity contribution in [3.05, 3.63) is 34.9 Å². The van der Waals surface area contributed by atoms with Crippen molar-refractivity contribution in [3.8, 4) is 0 Å². The SMILES string of the molecule is CCCCCCCCCc1ccc(CCC(=O)O)c(CO)c1. The number of benzene rings is 1. The average molecular weight is 306 g/mol. The van der Waals surface area contributed by atoms with Crippen molar-refractivity contribution in [3.63, 3.8) is 0 Å². The molecule has 1 rings (SSSR count). The van der Waals surface area contributed by atoms with Gasteiger partial charge in [-0.1, -0.05) is 63.6 Å². The van der Waals surface area contributed by atoms with Gasteiger partial charge in [0.15, 0.2) is 0 Å². The summed E-state index contributed by atoms with van der Waals surface area (Å²) in [4.78, 5) is 10.6. The lowest BCUT2D eigenvalue weighted by Gasteiger charge is -2.09. The van der Waals surface area contributed by atoms with Gasteiger partial charge in [-0.15, -0.1) is 0 Å². The van der Waals surface area contributed by atoms with E-state index in [0.29, 0.717) is 6.42 Å². The maximum absolute atomic E-state index is 10.6. The number of aliphatic hydroxyl groups is 1. The lowest BCUT2D eigenvalue weighted by molar-refractivity contribution is -0.136. The van der Waals surface area contributed by atoms with Gasteiger partial charge in [-0.3, -0.25) is 4.79 Å². The van der Waals surface area contributed by atoms with Gasteiger partial charge in [-0.05, 0) is 36.0 Å². The van der Waals surface area contributed by atoms with E-state index >= 15 is 0 Å². The molecule has 0 amide bonds. The number of carboxylic acid groups (broad SMARTS) is 1. The van der Waals surface area contributed by atoms with Crippen LogP contribution in [0, 0.1) is 0 Å². The number of aliphatic hydroxyl groups excluding tert-OH is 1. The van der Waals surface area contributed by atoms with Crippen LogP contribution in [0.4, 0.5) is 0 Å². The number of rotatable bonds is 12. The molecule has 1 aromatic rings. The fourth-order valence-corrected chi connectivity index (χ4v) is 2.75. The van der Waals surface area contributed by atoms with E-state index in [0.717, 1.165) is 17.5 Å². The van der Waals surface area contributed by atoms with Crippen molar-refractivity contribution in [1.29, 1.82) is 0 Å². The van der Waals surface area contributed by atoms with E-state index in [4.69, 9.17) is 5.11 Å². The van der Waals surface area contributed by atoms with Crippen LogP contribution in [0.25, 0.3) is 0 Å². The first-order valence-electron chi connectivity index (χ1n) is 8.60. The molecule has 1 aromatic carbocycles. The van der Waals surface area contributed by atoms with Gasteiger partial charge in [0.1, 0.15) is 0 Å². The molecule has 0 bridgehead atoms. The number of carboxylic acids is 1. The smallest absolute Gasteiger partial charge is 0.303 e. The topological polar surface area (TPSA) is 57.5 Å². The van der Waals surface area contributed by atoms with E-state index < -0.39 is 5.97 Å². The van der Waals surface area contributed by atoms with Crippen LogP contribution in [0.5, 0.6) is 0 Å². The monoisotopic (exact) mass is 306 g/mol. The molecular formula is C19H30O3. The molecule has 0 heterocycles. The zero-order valence-electron chi connectivity index (χ0n) is 13.8. The molecule has 3 heteroatoms. The summed E-state index contributed by atoms with van der Waals surface area (Å²) in [6.07, 6.45) is 10.7. The third-order valence-electron chi connectivity index (χ3n) is 4.12. The minimum Gasteiger partial charge on any atom is -0.481 e. The molecule has 0 fully saturated rings. The Bertz CT molecular complexity index is 440. The zero-order valence-corrected chi connectivity index (χ0v) is 13.8. The van der Waals surface area contributed by atoms with Crippen molar-refractivity contribution >= 4 is 5.97 Å². The fourth-order valence-electron chi connectivity index (χ4n) is 2.75. The highest BCUT2D eigenvalue weighted by Gasteiger charge is 2.06. The maximum atomic E-state index is 10.6. The first-order valence-corrected chi connectivity index (χ1v) is 8.60. The van der Waals surface area contributed by atoms with Gasteiger partial charge in [0.25, 0.3) is 0 Å². The second-order valence-corrected chi connectivity index (χ2v) is 6.03. The zero-order chi connectivity index (χ0) is 16.2. The van der Waals surface area contributed by atoms with Crippen LogP contribution < -0.4 is 0 Å². The van der Waals surface area contributed by atoms with Crippen LogP contribution in [0.1, 0.15) is 75.0 Å². The molecule has 0 spiro atoms. The van der Waals surface area contributed by atoms with E-state index in [1.165, 1.54) is 50.5 Å². The molecule has 0 radical (unpaired) electrons. The van der Waals surface area contributed by atoms with Gasteiger partial charge in [-0.25, -0.2) is 0 Å². The lowest BCUT2D eigenvalue weighted by Crippen LogP contribution is -2.01. The highest BCUT2D eigenvalue weighted by molar-refractivity contribution is 5.67. The van der Waals surface area contributed by atoms with E-state index in [2.05, 4.69) is 13.0 Å². The Kier molecular flexibility index (Phi) is 9.56. The van der Waals surface area contributed by atoms with Crippen molar-refractivity contribution < 1.29 is 15.0 Å². The second kappa shape index (κ2) is 11.2. The summed E-state index contributed by atoms with van der Waals surface area (Å²) in [7, 11) is 0. The van der Waals surface area contributed by atoms with E-state index in [-0.39, 0.29) is 13.0 Å². The maximum Gasteiger partial charge on any atom is 0.303 e. The standard InChI is InChI=1S/C19H30O3/c1-2-3-4-5-6-7-8-9-16-10-11-17(12-13-19(21)22)18(14-16)15-20/h10-11,14,20H,2-9,12-13,15H2,1H3,(H,21,22). The van der Waals surface area contributed by atoms with Crippen LogP contribution in [0.2, 0.25) is 0 Å². The summed E-state index contributed by atoms with van der Waals surface area (Å²) < 4.78 is 0. The normalized spacial score (nSPS) is 10.8. The average Bonchev–Trinajstić information content (AvgIpc) is 2.52. The van der Waals surface area contributed by atoms with Gasteiger partial charge < -0.3 is 10.2 Å². The molecule has 0 aromatic heterocycles. The predicted molar refractivity (Wildman–Crippen MR) is 90.0 cm³/mol. The van der Waals surface area contributed by atoms with Crippen LogP contribution in [0.3, 0.4) is 0 Å². The molecule has 22 heavy (non-hydrogen) atoms. The molecule has 0 aliphatic rings. The van der Waals surface area contributed by atoms with Gasteiger partial charge in [0.2, 0.25) is 0 Å². The third-order valence-corrected chi connectivity index (χ3v) is 4.12. The number of aryl methyl sites for hydroxylation is 2. The molecule has 0 saturated carbocycles. The van der Waals surface area contributed by atoms with Crippen molar-refractivity contribution in [2.45, 2.75) is 77.7 Å². The van der Waals surface area contributed by atoms with E-state index in [9.17, 15) is 9.90 Å². The summed E-state index contributed by atoms with van der Waals surface area (Å²) in [5.74, 6) is -0.795. The van der Waals surface area contributed by atoms with Crippen molar-refractivity contribution in [2.24, 2.45) is 0 Å². The highest BCUT2D eigenvalue weighted by Crippen LogP contribution is 2.17. The number of aliphatic carboxylic acids is 1. The number of carbonyl (C=O) groups is 1. The minimum absolute atomic E-state index is 0.0141. The molecule has 2 N–H and O–H groups in total. The fraction of sp³-hybridized carbons (Fsp3) is 0.632. The van der Waals surface area contributed by atoms with Crippen molar-refractivity contribution in [2.75, 3.05) is 0 Å². The first kappa shape index (κ1) is 18.7. The summed E-state index contributed by atoms with van der Waals surface area (Å²) in [5.41, 5.74) is 3.08. The van der Waals surface area contributed by atoms with E-state index in [1.54, 1.807) is 0 Å². The van der Waals surface area contributed by atoms with Crippen LogP contribution in [0.15, 0.2) is 18.2 Å². The molecule has 124 valence electrons. The van der Waals surface area contributed by atoms with E-state index in [1.807, 2.05) is 12.1 Å². The Balaban J connectivity index is 2.36. The predicted octanol–water partition coefficient (Wildman–Crippen LogP) is 4.49. The molecule has 0 saturated heterocycles. The molecule has 0 aliphatic carbocycles. The first-order chi connectivity index (χ1) is 10.7. The molecule has 0 aliphatic heterocycles. The number of hydrogen-bond donors (Lipinski definition) is 2. The third kappa shape index (κ3) is 7.60. The van der Waals surface area contributed by atoms with Gasteiger partial charge in [0.05, 0.1) is 6.61 Å². The summed E-state index contributed by atoms with van der Waals surface area (Å²) in [6, 6.07) is 6.09. The summed E-state index contributed by atoms with van der Waals surface area (Å²) >= 11 is 0. The largest absolute Gasteiger partial charge is 0.481 e. The molecule has 0 unspecified atom stereocenters. The minimum atomic E-state index is -0.795. The molecule has 0 atom stereocenters. The van der Waals surface area contributed by atoms with Gasteiger partial charge in [-0.2, -0.15) is 0 Å². The van der Waals surface area contributed by atoms with Crippen LogP contribution in [-0.4, -0.2) is 16.2 Å². The quantitative estimate of drug-likeness (QED) is 0.559. The summed E-state index contributed by atoms with van der Waals surface area (Å²) in [5, 5.41) is 18.2. The van der Waals surface area contributed by atoms with Gasteiger partial charge >= 0.3 is 5.97 Å². The Labute approximate surface area is 134 Å². The molecule has 3 nitrogen and oxygen atoms in total. The Hall–Kier alpha value is -1.35. The Morgan fingerprint density at radius 2 is 1.64 bits per heavy atom. The van der Waals surface area contributed by atoms with Crippen LogP contribution in [-0.2, 0) is 24.2 Å². The summed E-state index contributed by atoms with van der Waals surface area (Å²) in [6.45, 7) is 2.22. The number of hydrogen-bond acceptors (Lipinski definition) is 2. The van der Waals surface area contributed by atoms with Gasteiger partial charge in [0, 0.05) is 6.42 Å².